The molecule has 1 aliphatic rings. The van der Waals surface area contributed by atoms with Crippen LogP contribution in [-0.4, -0.2) is 34.5 Å². The van der Waals surface area contributed by atoms with Crippen LogP contribution in [0.15, 0.2) is 12.4 Å². The van der Waals surface area contributed by atoms with E-state index in [1.54, 1.807) is 6.20 Å². The van der Waals surface area contributed by atoms with Gasteiger partial charge in [0.25, 0.3) is 0 Å². The Morgan fingerprint density at radius 1 is 1.69 bits per heavy atom. The second-order valence-electron chi connectivity index (χ2n) is 3.48. The lowest BCUT2D eigenvalue weighted by atomic mass is 9.87. The molecule has 72 valence electrons. The van der Waals surface area contributed by atoms with E-state index in [1.165, 1.54) is 0 Å². The number of rotatable bonds is 3. The quantitative estimate of drug-likeness (QED) is 0.826. The summed E-state index contributed by atoms with van der Waals surface area (Å²) in [7, 11) is 0. The van der Waals surface area contributed by atoms with Crippen molar-refractivity contribution in [2.75, 3.05) is 19.8 Å². The molecule has 13 heavy (non-hydrogen) atoms. The largest absolute Gasteiger partial charge is 0.396 e. The normalized spacial score (nSPS) is 19.8. The lowest BCUT2D eigenvalue weighted by Gasteiger charge is -2.40. The highest BCUT2D eigenvalue weighted by atomic mass is 127. The van der Waals surface area contributed by atoms with Gasteiger partial charge in [0, 0.05) is 18.9 Å². The number of aromatic nitrogens is 2. The fraction of sp³-hybridized carbons (Fsp3) is 0.625. The molecule has 0 atom stereocenters. The Morgan fingerprint density at radius 2 is 2.46 bits per heavy atom. The fourth-order valence-electron chi connectivity index (χ4n) is 1.41. The van der Waals surface area contributed by atoms with Crippen molar-refractivity contribution in [3.05, 3.63) is 16.2 Å². The molecule has 1 aliphatic heterocycles. The second kappa shape index (κ2) is 3.55. The Hall–Kier alpha value is -0.140. The molecule has 2 heterocycles. The lowest BCUT2D eigenvalue weighted by Crippen LogP contribution is -2.48. The van der Waals surface area contributed by atoms with Gasteiger partial charge in [-0.05, 0) is 22.6 Å². The first-order valence-electron chi connectivity index (χ1n) is 4.11. The topological polar surface area (TPSA) is 47.3 Å². The van der Waals surface area contributed by atoms with Crippen LogP contribution in [0.25, 0.3) is 0 Å². The number of halogens is 1. The first-order valence-corrected chi connectivity index (χ1v) is 5.19. The van der Waals surface area contributed by atoms with Gasteiger partial charge in [-0.1, -0.05) is 0 Å². The predicted molar refractivity (Wildman–Crippen MR) is 55.3 cm³/mol. The van der Waals surface area contributed by atoms with Gasteiger partial charge >= 0.3 is 0 Å². The fourth-order valence-corrected chi connectivity index (χ4v) is 1.91. The van der Waals surface area contributed by atoms with Crippen molar-refractivity contribution >= 4 is 22.6 Å². The van der Waals surface area contributed by atoms with E-state index in [9.17, 15) is 5.11 Å². The maximum absolute atomic E-state index is 9.21. The van der Waals surface area contributed by atoms with Crippen LogP contribution >= 0.6 is 22.6 Å². The van der Waals surface area contributed by atoms with Crippen LogP contribution in [0, 0.1) is 9.25 Å². The first-order chi connectivity index (χ1) is 6.26. The zero-order valence-electron chi connectivity index (χ0n) is 7.11. The van der Waals surface area contributed by atoms with E-state index in [-0.39, 0.29) is 12.0 Å². The molecule has 1 aromatic heterocycles. The predicted octanol–water partition coefficient (Wildman–Crippen LogP) is 0.497. The molecule has 1 N–H and O–H groups in total. The molecular formula is C8H11IN2O2. The standard InChI is InChI=1S/C8H11IN2O2/c9-7-10-1-2-11(7)3-8(4-12)5-13-6-8/h1-2,12H,3-6H2. The van der Waals surface area contributed by atoms with E-state index in [1.807, 2.05) is 10.8 Å². The van der Waals surface area contributed by atoms with Crippen molar-refractivity contribution in [2.24, 2.45) is 5.41 Å². The Labute approximate surface area is 90.1 Å². The zero-order chi connectivity index (χ0) is 9.31. The van der Waals surface area contributed by atoms with Crippen molar-refractivity contribution in [3.63, 3.8) is 0 Å². The summed E-state index contributed by atoms with van der Waals surface area (Å²) in [4.78, 5) is 4.12. The minimum atomic E-state index is -0.0688. The van der Waals surface area contributed by atoms with E-state index in [4.69, 9.17) is 4.74 Å². The number of hydrogen-bond acceptors (Lipinski definition) is 3. The summed E-state index contributed by atoms with van der Waals surface area (Å²) in [6.45, 7) is 2.28. The van der Waals surface area contributed by atoms with Crippen molar-refractivity contribution in [2.45, 2.75) is 6.54 Å². The van der Waals surface area contributed by atoms with Crippen LogP contribution in [0.4, 0.5) is 0 Å². The van der Waals surface area contributed by atoms with Crippen LogP contribution in [0.5, 0.6) is 0 Å². The van der Waals surface area contributed by atoms with Crippen LogP contribution < -0.4 is 0 Å². The highest BCUT2D eigenvalue weighted by Crippen LogP contribution is 2.29. The summed E-state index contributed by atoms with van der Waals surface area (Å²) in [5.74, 6) is 0. The molecule has 0 aliphatic carbocycles. The highest BCUT2D eigenvalue weighted by Gasteiger charge is 2.38. The molecule has 0 bridgehead atoms. The summed E-state index contributed by atoms with van der Waals surface area (Å²) in [6, 6.07) is 0. The van der Waals surface area contributed by atoms with E-state index in [0.29, 0.717) is 13.2 Å². The summed E-state index contributed by atoms with van der Waals surface area (Å²) in [5, 5.41) is 9.21. The number of nitrogens with zero attached hydrogens (tertiary/aromatic N) is 2. The van der Waals surface area contributed by atoms with Gasteiger partial charge in [-0.2, -0.15) is 0 Å². The molecule has 4 nitrogen and oxygen atoms in total. The van der Waals surface area contributed by atoms with Crippen LogP contribution in [0.3, 0.4) is 0 Å². The van der Waals surface area contributed by atoms with Crippen LogP contribution in [0.2, 0.25) is 0 Å². The van der Waals surface area contributed by atoms with Gasteiger partial charge in [0.05, 0.1) is 25.2 Å². The summed E-state index contributed by atoms with van der Waals surface area (Å²) < 4.78 is 8.12. The summed E-state index contributed by atoms with van der Waals surface area (Å²) in [6.07, 6.45) is 3.70. The Bertz CT molecular complexity index is 291. The third-order valence-electron chi connectivity index (χ3n) is 2.32. The Kier molecular flexibility index (Phi) is 2.57. The van der Waals surface area contributed by atoms with Gasteiger partial charge in [0.2, 0.25) is 0 Å². The van der Waals surface area contributed by atoms with Crippen molar-refractivity contribution in [1.82, 2.24) is 9.55 Å². The van der Waals surface area contributed by atoms with Crippen molar-refractivity contribution in [3.8, 4) is 0 Å². The summed E-state index contributed by atoms with van der Waals surface area (Å²) in [5.41, 5.74) is -0.0688. The van der Waals surface area contributed by atoms with Gasteiger partial charge in [-0.25, -0.2) is 4.98 Å². The van der Waals surface area contributed by atoms with E-state index in [0.717, 1.165) is 10.4 Å². The highest BCUT2D eigenvalue weighted by molar-refractivity contribution is 14.1. The SMILES string of the molecule is OCC1(Cn2ccnc2I)COC1. The minimum absolute atomic E-state index is 0.0688. The van der Waals surface area contributed by atoms with E-state index >= 15 is 0 Å². The maximum Gasteiger partial charge on any atom is 0.171 e. The molecule has 0 spiro atoms. The average molecular weight is 294 g/mol. The second-order valence-corrected chi connectivity index (χ2v) is 4.44. The molecule has 1 fully saturated rings. The molecule has 2 rings (SSSR count). The molecule has 0 radical (unpaired) electrons. The third kappa shape index (κ3) is 1.72. The molecular weight excluding hydrogens is 283 g/mol. The van der Waals surface area contributed by atoms with E-state index in [2.05, 4.69) is 27.6 Å². The van der Waals surface area contributed by atoms with Crippen molar-refractivity contribution in [1.29, 1.82) is 0 Å². The molecule has 5 heteroatoms. The molecule has 0 aromatic carbocycles. The minimum Gasteiger partial charge on any atom is -0.396 e. The lowest BCUT2D eigenvalue weighted by molar-refractivity contribution is -0.145. The zero-order valence-corrected chi connectivity index (χ0v) is 9.27. The van der Waals surface area contributed by atoms with Crippen molar-refractivity contribution < 1.29 is 9.84 Å². The van der Waals surface area contributed by atoms with Gasteiger partial charge in [-0.15, -0.1) is 0 Å². The number of aliphatic hydroxyl groups excluding tert-OH is 1. The van der Waals surface area contributed by atoms with Gasteiger partial charge < -0.3 is 14.4 Å². The molecule has 0 saturated carbocycles. The van der Waals surface area contributed by atoms with Crippen LogP contribution in [-0.2, 0) is 11.3 Å². The maximum atomic E-state index is 9.21. The Morgan fingerprint density at radius 3 is 2.85 bits per heavy atom. The monoisotopic (exact) mass is 294 g/mol. The van der Waals surface area contributed by atoms with Crippen LogP contribution in [0.1, 0.15) is 0 Å². The van der Waals surface area contributed by atoms with Gasteiger partial charge in [0.15, 0.2) is 3.83 Å². The number of hydrogen-bond donors (Lipinski definition) is 1. The smallest absolute Gasteiger partial charge is 0.171 e. The van der Waals surface area contributed by atoms with Gasteiger partial charge in [0.1, 0.15) is 0 Å². The molecule has 1 saturated heterocycles. The summed E-state index contributed by atoms with van der Waals surface area (Å²) >= 11 is 2.18. The molecule has 1 aromatic rings. The number of ether oxygens (including phenoxy) is 1. The van der Waals surface area contributed by atoms with Gasteiger partial charge in [-0.3, -0.25) is 0 Å². The number of aliphatic hydroxyl groups is 1. The average Bonchev–Trinajstić information content (AvgIpc) is 2.44. The molecule has 0 amide bonds. The molecule has 0 unspecified atom stereocenters. The van der Waals surface area contributed by atoms with E-state index < -0.39 is 0 Å². The number of imidazole rings is 1. The Balaban J connectivity index is 2.08. The first kappa shape index (κ1) is 9.42. The third-order valence-corrected chi connectivity index (χ3v) is 3.22.